The Balaban J connectivity index is 1.68. The molecule has 0 aliphatic carbocycles. The summed E-state index contributed by atoms with van der Waals surface area (Å²) >= 11 is 3.55. The number of amides is 2. The molecule has 2 saturated heterocycles. The summed E-state index contributed by atoms with van der Waals surface area (Å²) in [6.45, 7) is 9.60. The fraction of sp³-hybridized carbons (Fsp3) is 0.619. The summed E-state index contributed by atoms with van der Waals surface area (Å²) in [5.41, 5.74) is 1.25. The number of nitrogens with zero attached hydrogens (tertiary/aromatic N) is 3. The van der Waals surface area contributed by atoms with Crippen LogP contribution >= 0.6 is 15.9 Å². The Morgan fingerprint density at radius 3 is 2.14 bits per heavy atom. The summed E-state index contributed by atoms with van der Waals surface area (Å²) in [5, 5.41) is 0. The largest absolute Gasteiger partial charge is 0.444 e. The minimum Gasteiger partial charge on any atom is -0.444 e. The van der Waals surface area contributed by atoms with Crippen LogP contribution in [0, 0.1) is 0 Å². The molecule has 2 aliphatic heterocycles. The highest BCUT2D eigenvalue weighted by molar-refractivity contribution is 9.10. The first-order valence-electron chi connectivity index (χ1n) is 10.1. The first-order valence-corrected chi connectivity index (χ1v) is 10.9. The molecule has 0 bridgehead atoms. The topological polar surface area (TPSA) is 53.1 Å². The maximum Gasteiger partial charge on any atom is 0.410 e. The Kier molecular flexibility index (Phi) is 6.53. The number of carbonyl (C=O) groups excluding carboxylic acids is 2. The van der Waals surface area contributed by atoms with E-state index in [0.29, 0.717) is 26.2 Å². The molecule has 2 fully saturated rings. The lowest BCUT2D eigenvalue weighted by molar-refractivity contribution is 0.0141. The smallest absolute Gasteiger partial charge is 0.410 e. The van der Waals surface area contributed by atoms with Gasteiger partial charge < -0.3 is 19.4 Å². The van der Waals surface area contributed by atoms with E-state index in [1.807, 2.05) is 37.8 Å². The van der Waals surface area contributed by atoms with Crippen molar-refractivity contribution in [1.29, 1.82) is 0 Å². The lowest BCUT2D eigenvalue weighted by Gasteiger charge is -2.36. The molecule has 3 rings (SSSR count). The Hall–Kier alpha value is -1.76. The number of hydrogen-bond donors (Lipinski definition) is 0. The number of hydrogen-bond acceptors (Lipinski definition) is 4. The third-order valence-electron chi connectivity index (χ3n) is 5.11. The summed E-state index contributed by atoms with van der Waals surface area (Å²) in [7, 11) is 0. The maximum absolute atomic E-state index is 13.2. The minimum absolute atomic E-state index is 0.0388. The second-order valence-electron chi connectivity index (χ2n) is 8.47. The van der Waals surface area contributed by atoms with E-state index in [1.54, 1.807) is 4.90 Å². The quantitative estimate of drug-likeness (QED) is 0.677. The van der Waals surface area contributed by atoms with Crippen molar-refractivity contribution in [2.45, 2.75) is 45.6 Å². The van der Waals surface area contributed by atoms with Crippen LogP contribution in [0.2, 0.25) is 0 Å². The number of rotatable bonds is 2. The van der Waals surface area contributed by atoms with E-state index in [4.69, 9.17) is 4.74 Å². The van der Waals surface area contributed by atoms with E-state index >= 15 is 0 Å². The summed E-state index contributed by atoms with van der Waals surface area (Å²) in [5.74, 6) is 0.0388. The first kappa shape index (κ1) is 21.0. The van der Waals surface area contributed by atoms with E-state index in [9.17, 15) is 9.59 Å². The molecule has 0 N–H and O–H groups in total. The van der Waals surface area contributed by atoms with Crippen LogP contribution in [-0.2, 0) is 4.74 Å². The van der Waals surface area contributed by atoms with E-state index in [0.717, 1.165) is 41.7 Å². The van der Waals surface area contributed by atoms with Crippen LogP contribution in [0.3, 0.4) is 0 Å². The van der Waals surface area contributed by atoms with Crippen molar-refractivity contribution in [1.82, 2.24) is 9.80 Å². The van der Waals surface area contributed by atoms with Gasteiger partial charge in [-0.3, -0.25) is 4.79 Å². The van der Waals surface area contributed by atoms with Gasteiger partial charge in [-0.1, -0.05) is 15.9 Å². The molecular formula is C21H30BrN3O3. The van der Waals surface area contributed by atoms with Gasteiger partial charge in [0.05, 0.1) is 11.3 Å². The highest BCUT2D eigenvalue weighted by Gasteiger charge is 2.29. The van der Waals surface area contributed by atoms with Crippen LogP contribution in [-0.4, -0.2) is 66.7 Å². The van der Waals surface area contributed by atoms with E-state index < -0.39 is 5.60 Å². The highest BCUT2D eigenvalue weighted by atomic mass is 79.9. The van der Waals surface area contributed by atoms with Crippen LogP contribution in [0.5, 0.6) is 0 Å². The number of carbonyl (C=O) groups is 2. The molecule has 0 atom stereocenters. The van der Waals surface area contributed by atoms with Gasteiger partial charge in [0.25, 0.3) is 5.91 Å². The number of ether oxygens (including phenoxy) is 1. The molecule has 154 valence electrons. The molecule has 2 aliphatic rings. The molecule has 0 unspecified atom stereocenters. The minimum atomic E-state index is -0.509. The predicted molar refractivity (Wildman–Crippen MR) is 114 cm³/mol. The SMILES string of the molecule is CC(C)(C)OC(=O)N1CCN(C(=O)c2ccc(Br)cc2N2CCCCC2)CC1. The van der Waals surface area contributed by atoms with Crippen molar-refractivity contribution in [3.05, 3.63) is 28.2 Å². The van der Waals surface area contributed by atoms with Gasteiger partial charge in [0.1, 0.15) is 5.60 Å². The van der Waals surface area contributed by atoms with Gasteiger partial charge in [0, 0.05) is 43.7 Å². The number of anilines is 1. The predicted octanol–water partition coefficient (Wildman–Crippen LogP) is 4.13. The Morgan fingerprint density at radius 2 is 1.54 bits per heavy atom. The molecule has 0 aromatic heterocycles. The van der Waals surface area contributed by atoms with Crippen molar-refractivity contribution in [3.8, 4) is 0 Å². The zero-order valence-electron chi connectivity index (χ0n) is 17.0. The second-order valence-corrected chi connectivity index (χ2v) is 9.38. The Labute approximate surface area is 175 Å². The van der Waals surface area contributed by atoms with Crippen LogP contribution in [0.25, 0.3) is 0 Å². The van der Waals surface area contributed by atoms with E-state index in [1.165, 1.54) is 6.42 Å². The van der Waals surface area contributed by atoms with Crippen molar-refractivity contribution in [3.63, 3.8) is 0 Å². The molecule has 0 spiro atoms. The van der Waals surface area contributed by atoms with Crippen LogP contribution < -0.4 is 4.90 Å². The summed E-state index contributed by atoms with van der Waals surface area (Å²) in [6, 6.07) is 5.89. The van der Waals surface area contributed by atoms with Crippen LogP contribution in [0.15, 0.2) is 22.7 Å². The standard InChI is InChI=1S/C21H30BrN3O3/c1-21(2,3)28-20(27)25-13-11-24(12-14-25)19(26)17-8-7-16(22)15-18(17)23-9-5-4-6-10-23/h7-8,15H,4-6,9-14H2,1-3H3. The number of halogens is 1. The van der Waals surface area contributed by atoms with Gasteiger partial charge in [-0.2, -0.15) is 0 Å². The van der Waals surface area contributed by atoms with Gasteiger partial charge in [0.15, 0.2) is 0 Å². The Morgan fingerprint density at radius 1 is 0.929 bits per heavy atom. The monoisotopic (exact) mass is 451 g/mol. The molecule has 0 saturated carbocycles. The van der Waals surface area contributed by atoms with Gasteiger partial charge >= 0.3 is 6.09 Å². The van der Waals surface area contributed by atoms with Gasteiger partial charge in [0.2, 0.25) is 0 Å². The molecule has 2 amide bonds. The van der Waals surface area contributed by atoms with Crippen molar-refractivity contribution < 1.29 is 14.3 Å². The second kappa shape index (κ2) is 8.72. The van der Waals surface area contributed by atoms with Gasteiger partial charge in [-0.15, -0.1) is 0 Å². The zero-order chi connectivity index (χ0) is 20.3. The summed E-state index contributed by atoms with van der Waals surface area (Å²) in [6.07, 6.45) is 3.27. The van der Waals surface area contributed by atoms with Crippen LogP contribution in [0.1, 0.15) is 50.4 Å². The van der Waals surface area contributed by atoms with Gasteiger partial charge in [-0.05, 0) is 58.2 Å². The van der Waals surface area contributed by atoms with Crippen molar-refractivity contribution in [2.75, 3.05) is 44.2 Å². The first-order chi connectivity index (χ1) is 13.2. The fourth-order valence-corrected chi connectivity index (χ4v) is 4.02. The number of piperidine rings is 1. The molecular weight excluding hydrogens is 422 g/mol. The average Bonchev–Trinajstić information content (AvgIpc) is 2.67. The number of benzene rings is 1. The molecule has 1 aromatic rings. The normalized spacial score (nSPS) is 18.2. The van der Waals surface area contributed by atoms with Crippen LogP contribution in [0.4, 0.5) is 10.5 Å². The van der Waals surface area contributed by atoms with E-state index in [2.05, 4.69) is 26.9 Å². The van der Waals surface area contributed by atoms with E-state index in [-0.39, 0.29) is 12.0 Å². The van der Waals surface area contributed by atoms with Gasteiger partial charge in [-0.25, -0.2) is 4.79 Å². The fourth-order valence-electron chi connectivity index (χ4n) is 3.67. The summed E-state index contributed by atoms with van der Waals surface area (Å²) < 4.78 is 6.43. The molecule has 6 nitrogen and oxygen atoms in total. The van der Waals surface area contributed by atoms with Crippen molar-refractivity contribution >= 4 is 33.6 Å². The molecule has 2 heterocycles. The lowest BCUT2D eigenvalue weighted by atomic mass is 10.1. The lowest BCUT2D eigenvalue weighted by Crippen LogP contribution is -2.51. The average molecular weight is 452 g/mol. The summed E-state index contributed by atoms with van der Waals surface area (Å²) in [4.78, 5) is 31.3. The third kappa shape index (κ3) is 5.19. The molecule has 28 heavy (non-hydrogen) atoms. The Bertz CT molecular complexity index is 718. The molecule has 1 aromatic carbocycles. The number of piperazine rings is 1. The maximum atomic E-state index is 13.2. The molecule has 7 heteroatoms. The van der Waals surface area contributed by atoms with Crippen molar-refractivity contribution in [2.24, 2.45) is 0 Å². The zero-order valence-corrected chi connectivity index (χ0v) is 18.6. The molecule has 0 radical (unpaired) electrons. The third-order valence-corrected chi connectivity index (χ3v) is 5.60. The highest BCUT2D eigenvalue weighted by Crippen LogP contribution is 2.29.